The molecule has 0 fully saturated rings. The van der Waals surface area contributed by atoms with E-state index in [1.807, 2.05) is 0 Å². The van der Waals surface area contributed by atoms with Gasteiger partial charge in [0, 0.05) is 18.1 Å². The molecular weight excluding hydrogens is 375 g/mol. The predicted octanol–water partition coefficient (Wildman–Crippen LogP) is 4.06. The molecule has 0 unspecified atom stereocenters. The summed E-state index contributed by atoms with van der Waals surface area (Å²) in [6.45, 7) is 0. The van der Waals surface area contributed by atoms with Crippen LogP contribution in [0.25, 0.3) is 10.2 Å². The van der Waals surface area contributed by atoms with E-state index >= 15 is 0 Å². The van der Waals surface area contributed by atoms with Gasteiger partial charge >= 0.3 is 0 Å². The van der Waals surface area contributed by atoms with E-state index in [1.54, 1.807) is 0 Å². The molecule has 2 heterocycles. The van der Waals surface area contributed by atoms with E-state index < -0.39 is 5.56 Å². The molecule has 0 radical (unpaired) electrons. The fraction of sp³-hybridized carbons (Fsp3) is 0.167. The zero-order valence-corrected chi connectivity index (χ0v) is 15.0. The number of nitrogens with zero attached hydrogens (tertiary/aromatic N) is 1. The number of halogens is 1. The second-order valence-electron chi connectivity index (χ2n) is 5.48. The molecule has 3 aromatic rings. The minimum atomic E-state index is -0.467. The zero-order valence-electron chi connectivity index (χ0n) is 13.4. The molecule has 0 aliphatic rings. The topological polar surface area (TPSA) is 93.9 Å². The summed E-state index contributed by atoms with van der Waals surface area (Å²) in [5.41, 5.74) is 0.671. The van der Waals surface area contributed by atoms with Gasteiger partial charge in [-0.2, -0.15) is 5.26 Å². The van der Waals surface area contributed by atoms with Crippen LogP contribution in [0.5, 0.6) is 5.75 Å². The van der Waals surface area contributed by atoms with E-state index in [1.165, 1.54) is 47.4 Å². The van der Waals surface area contributed by atoms with E-state index in [4.69, 9.17) is 0 Å². The third-order valence-corrected chi connectivity index (χ3v) is 6.25. The van der Waals surface area contributed by atoms with E-state index in [0.717, 1.165) is 6.07 Å². The van der Waals surface area contributed by atoms with Crippen molar-refractivity contribution in [2.75, 3.05) is 5.75 Å². The SMILES string of the molecule is N#Cc1c(SCCCC(=O)c2ccc(F)cc2)sc2c(O)cc(=O)[nH]c12. The molecule has 0 saturated heterocycles. The summed E-state index contributed by atoms with van der Waals surface area (Å²) in [7, 11) is 0. The number of benzene rings is 1. The van der Waals surface area contributed by atoms with Crippen molar-refractivity contribution in [1.82, 2.24) is 4.98 Å². The Morgan fingerprint density at radius 2 is 2.08 bits per heavy atom. The summed E-state index contributed by atoms with van der Waals surface area (Å²) in [4.78, 5) is 26.1. The summed E-state index contributed by atoms with van der Waals surface area (Å²) in [6.07, 6.45) is 0.899. The lowest BCUT2D eigenvalue weighted by Gasteiger charge is -2.01. The second-order valence-corrected chi connectivity index (χ2v) is 7.87. The van der Waals surface area contributed by atoms with Crippen molar-refractivity contribution in [3.63, 3.8) is 0 Å². The standard InChI is InChI=1S/C18H13FN2O3S2/c19-11-5-3-10(4-6-11)13(22)2-1-7-25-18-12(9-20)16-17(26-18)14(23)8-15(24)21-16/h3-6,8H,1-2,7H2,(H2,21,23,24). The second kappa shape index (κ2) is 7.72. The van der Waals surface area contributed by atoms with Gasteiger partial charge in [0.25, 0.3) is 5.56 Å². The number of rotatable bonds is 6. The van der Waals surface area contributed by atoms with Crippen LogP contribution in [0.3, 0.4) is 0 Å². The lowest BCUT2D eigenvalue weighted by molar-refractivity contribution is 0.0982. The lowest BCUT2D eigenvalue weighted by atomic mass is 10.1. The summed E-state index contributed by atoms with van der Waals surface area (Å²) < 4.78 is 14.0. The average molecular weight is 388 g/mol. The molecule has 132 valence electrons. The summed E-state index contributed by atoms with van der Waals surface area (Å²) in [5.74, 6) is -0.000376. The molecule has 5 nitrogen and oxygen atoms in total. The average Bonchev–Trinajstić information content (AvgIpc) is 2.96. The third-order valence-electron chi connectivity index (χ3n) is 3.68. The normalized spacial score (nSPS) is 10.8. The lowest BCUT2D eigenvalue weighted by Crippen LogP contribution is -2.02. The van der Waals surface area contributed by atoms with Crippen molar-refractivity contribution in [2.24, 2.45) is 0 Å². The Hall–Kier alpha value is -2.63. The van der Waals surface area contributed by atoms with Crippen molar-refractivity contribution in [3.8, 4) is 11.8 Å². The Morgan fingerprint density at radius 3 is 2.77 bits per heavy atom. The highest BCUT2D eigenvalue weighted by molar-refractivity contribution is 8.01. The van der Waals surface area contributed by atoms with Crippen LogP contribution in [0.15, 0.2) is 39.3 Å². The number of carbonyl (C=O) groups excluding carboxylic acids is 1. The van der Waals surface area contributed by atoms with E-state index in [2.05, 4.69) is 11.1 Å². The predicted molar refractivity (Wildman–Crippen MR) is 99.5 cm³/mol. The van der Waals surface area contributed by atoms with Crippen molar-refractivity contribution in [2.45, 2.75) is 17.1 Å². The highest BCUT2D eigenvalue weighted by Gasteiger charge is 2.16. The maximum atomic E-state index is 12.9. The first-order chi connectivity index (χ1) is 12.5. The Bertz CT molecular complexity index is 1060. The number of ketones is 1. The number of Topliss-reactive ketones (excluding diaryl/α,β-unsaturated/α-hetero) is 1. The number of nitrogens with one attached hydrogen (secondary N) is 1. The highest BCUT2D eigenvalue weighted by Crippen LogP contribution is 2.40. The fourth-order valence-electron chi connectivity index (χ4n) is 2.44. The molecule has 0 saturated carbocycles. The molecular formula is C18H13FN2O3S2. The maximum Gasteiger partial charge on any atom is 0.252 e. The summed E-state index contributed by atoms with van der Waals surface area (Å²) in [5, 5.41) is 19.2. The van der Waals surface area contributed by atoms with Gasteiger partial charge in [0.2, 0.25) is 0 Å². The van der Waals surface area contributed by atoms with Crippen LogP contribution < -0.4 is 5.56 Å². The van der Waals surface area contributed by atoms with Crippen molar-refractivity contribution < 1.29 is 14.3 Å². The Morgan fingerprint density at radius 1 is 1.35 bits per heavy atom. The molecule has 0 amide bonds. The van der Waals surface area contributed by atoms with E-state index in [-0.39, 0.29) is 17.3 Å². The quantitative estimate of drug-likeness (QED) is 0.377. The zero-order chi connectivity index (χ0) is 18.7. The number of carbonyl (C=O) groups is 1. The number of nitriles is 1. The summed E-state index contributed by atoms with van der Waals surface area (Å²) in [6, 6.07) is 8.57. The molecule has 1 aromatic carbocycles. The number of aromatic hydroxyl groups is 1. The molecule has 3 rings (SSSR count). The van der Waals surface area contributed by atoms with Crippen LogP contribution in [-0.2, 0) is 0 Å². The van der Waals surface area contributed by atoms with Gasteiger partial charge in [0.15, 0.2) is 5.78 Å². The monoisotopic (exact) mass is 388 g/mol. The molecule has 0 atom stereocenters. The third kappa shape index (κ3) is 3.79. The van der Waals surface area contributed by atoms with E-state index in [0.29, 0.717) is 44.1 Å². The number of aromatic amines is 1. The van der Waals surface area contributed by atoms with Crippen LogP contribution in [0, 0.1) is 17.1 Å². The van der Waals surface area contributed by atoms with E-state index in [9.17, 15) is 24.3 Å². The largest absolute Gasteiger partial charge is 0.506 e. The maximum absolute atomic E-state index is 12.9. The molecule has 26 heavy (non-hydrogen) atoms. The minimum absolute atomic E-state index is 0.0654. The number of H-pyrrole nitrogens is 1. The van der Waals surface area contributed by atoms with Crippen molar-refractivity contribution >= 4 is 39.1 Å². The number of hydrogen-bond donors (Lipinski definition) is 2. The molecule has 8 heteroatoms. The van der Waals surface area contributed by atoms with Crippen molar-refractivity contribution in [1.29, 1.82) is 5.26 Å². The van der Waals surface area contributed by atoms with Gasteiger partial charge < -0.3 is 10.1 Å². The van der Waals surface area contributed by atoms with Crippen molar-refractivity contribution in [3.05, 3.63) is 57.6 Å². The minimum Gasteiger partial charge on any atom is -0.506 e. The Kier molecular flexibility index (Phi) is 5.40. The number of aromatic nitrogens is 1. The number of fused-ring (bicyclic) bond motifs is 1. The molecule has 2 aromatic heterocycles. The molecule has 0 aliphatic carbocycles. The van der Waals surface area contributed by atoms with Crippen LogP contribution in [-0.4, -0.2) is 21.6 Å². The highest BCUT2D eigenvalue weighted by atomic mass is 32.2. The molecule has 0 spiro atoms. The summed E-state index contributed by atoms with van der Waals surface area (Å²) >= 11 is 2.64. The van der Waals surface area contributed by atoms with Crippen LogP contribution in [0.1, 0.15) is 28.8 Å². The van der Waals surface area contributed by atoms with Gasteiger partial charge in [-0.3, -0.25) is 9.59 Å². The molecule has 0 aliphatic heterocycles. The molecule has 2 N–H and O–H groups in total. The number of pyridine rings is 1. The van der Waals surface area contributed by atoms with Gasteiger partial charge in [-0.25, -0.2) is 4.39 Å². The van der Waals surface area contributed by atoms with Gasteiger partial charge in [-0.1, -0.05) is 0 Å². The van der Waals surface area contributed by atoms with Crippen LogP contribution >= 0.6 is 23.1 Å². The Labute approximate surface area is 156 Å². The van der Waals surface area contributed by atoms with Gasteiger partial charge in [0.05, 0.1) is 14.4 Å². The molecule has 0 bridgehead atoms. The van der Waals surface area contributed by atoms with Crippen LogP contribution in [0.2, 0.25) is 0 Å². The van der Waals surface area contributed by atoms with Gasteiger partial charge in [-0.05, 0) is 36.4 Å². The fourth-order valence-corrected chi connectivity index (χ4v) is 4.80. The van der Waals surface area contributed by atoms with Gasteiger partial charge in [-0.15, -0.1) is 23.1 Å². The Balaban J connectivity index is 1.66. The van der Waals surface area contributed by atoms with Crippen LogP contribution in [0.4, 0.5) is 4.39 Å². The number of hydrogen-bond acceptors (Lipinski definition) is 6. The smallest absolute Gasteiger partial charge is 0.252 e. The van der Waals surface area contributed by atoms with Gasteiger partial charge in [0.1, 0.15) is 23.2 Å². The number of thiophene rings is 1. The first-order valence-electron chi connectivity index (χ1n) is 7.70. The number of thioether (sulfide) groups is 1. The first-order valence-corrected chi connectivity index (χ1v) is 9.50. The first kappa shape index (κ1) is 18.2.